The number of hydrogen-bond acceptors (Lipinski definition) is 3. The molecule has 0 amide bonds. The molecule has 2 aliphatic rings. The van der Waals surface area contributed by atoms with Crippen molar-refractivity contribution in [2.75, 3.05) is 7.11 Å². The van der Waals surface area contributed by atoms with E-state index in [9.17, 15) is 9.90 Å². The molecular formula is C13H14O3. The largest absolute Gasteiger partial charge is 0.465 e. The van der Waals surface area contributed by atoms with Gasteiger partial charge in [-0.2, -0.15) is 0 Å². The maximum atomic E-state index is 11.4. The molecule has 1 N–H and O–H groups in total. The summed E-state index contributed by atoms with van der Waals surface area (Å²) in [5.74, 6) is 0.409. The van der Waals surface area contributed by atoms with Gasteiger partial charge in [-0.15, -0.1) is 0 Å². The van der Waals surface area contributed by atoms with Gasteiger partial charge in [-0.1, -0.05) is 6.07 Å². The van der Waals surface area contributed by atoms with Crippen LogP contribution in [0.5, 0.6) is 0 Å². The Balaban J connectivity index is 2.04. The highest BCUT2D eigenvalue weighted by Crippen LogP contribution is 2.53. The lowest BCUT2D eigenvalue weighted by atomic mass is 9.88. The SMILES string of the molecule is COC(=O)c1ccc2c(c1)[C@@H]1C[C@H]2C[C@H]1O. The lowest BCUT2D eigenvalue weighted by Crippen LogP contribution is -2.16. The van der Waals surface area contributed by atoms with E-state index in [1.165, 1.54) is 12.7 Å². The minimum absolute atomic E-state index is 0.226. The molecule has 1 fully saturated rings. The van der Waals surface area contributed by atoms with Crippen LogP contribution in [0.3, 0.4) is 0 Å². The normalized spacial score (nSPS) is 30.2. The predicted molar refractivity (Wildman–Crippen MR) is 58.5 cm³/mol. The zero-order valence-corrected chi connectivity index (χ0v) is 9.14. The Morgan fingerprint density at radius 1 is 1.38 bits per heavy atom. The van der Waals surface area contributed by atoms with Gasteiger partial charge in [-0.3, -0.25) is 0 Å². The second-order valence-electron chi connectivity index (χ2n) is 4.68. The van der Waals surface area contributed by atoms with Crippen molar-refractivity contribution in [3.63, 3.8) is 0 Å². The van der Waals surface area contributed by atoms with Crippen molar-refractivity contribution < 1.29 is 14.6 Å². The molecular weight excluding hydrogens is 204 g/mol. The van der Waals surface area contributed by atoms with E-state index in [4.69, 9.17) is 4.74 Å². The third kappa shape index (κ3) is 1.21. The standard InChI is InChI=1S/C13H14O3/c1-16-13(15)7-2-3-9-8-5-11(10(9)4-7)12(14)6-8/h2-4,8,11-12,14H,5-6H2,1H3/t8-,11-,12+/m0/s1. The molecule has 3 nitrogen and oxygen atoms in total. The maximum absolute atomic E-state index is 11.4. The number of carbonyl (C=O) groups is 1. The molecule has 1 aromatic carbocycles. The Kier molecular flexibility index (Phi) is 2.04. The highest BCUT2D eigenvalue weighted by molar-refractivity contribution is 5.89. The first-order chi connectivity index (χ1) is 7.70. The van der Waals surface area contributed by atoms with Gasteiger partial charge in [0.25, 0.3) is 0 Å². The zero-order valence-electron chi connectivity index (χ0n) is 9.14. The van der Waals surface area contributed by atoms with Crippen LogP contribution in [0.4, 0.5) is 0 Å². The number of benzene rings is 1. The number of carbonyl (C=O) groups excluding carboxylic acids is 1. The number of aliphatic hydroxyl groups excluding tert-OH is 1. The third-order valence-corrected chi connectivity index (χ3v) is 3.88. The Morgan fingerprint density at radius 3 is 2.94 bits per heavy atom. The molecule has 3 atom stereocenters. The maximum Gasteiger partial charge on any atom is 0.337 e. The predicted octanol–water partition coefficient (Wildman–Crippen LogP) is 1.81. The van der Waals surface area contributed by atoms with Crippen LogP contribution in [-0.4, -0.2) is 24.3 Å². The zero-order chi connectivity index (χ0) is 11.3. The molecule has 1 aromatic rings. The lowest BCUT2D eigenvalue weighted by molar-refractivity contribution is 0.0600. The van der Waals surface area contributed by atoms with E-state index < -0.39 is 0 Å². The molecule has 0 aliphatic heterocycles. The molecule has 3 rings (SSSR count). The fourth-order valence-electron chi connectivity index (χ4n) is 3.12. The van der Waals surface area contributed by atoms with Gasteiger partial charge in [0, 0.05) is 5.92 Å². The van der Waals surface area contributed by atoms with Crippen LogP contribution in [0.25, 0.3) is 0 Å². The quantitative estimate of drug-likeness (QED) is 0.731. The van der Waals surface area contributed by atoms with E-state index in [0.29, 0.717) is 11.5 Å². The van der Waals surface area contributed by atoms with Gasteiger partial charge in [-0.05, 0) is 42.0 Å². The number of ether oxygens (including phenoxy) is 1. The van der Waals surface area contributed by atoms with Gasteiger partial charge < -0.3 is 9.84 Å². The van der Waals surface area contributed by atoms with E-state index in [1.54, 1.807) is 0 Å². The summed E-state index contributed by atoms with van der Waals surface area (Å²) in [5.41, 5.74) is 3.04. The number of fused-ring (bicyclic) bond motifs is 5. The number of aliphatic hydroxyl groups is 1. The molecule has 0 heterocycles. The summed E-state index contributed by atoms with van der Waals surface area (Å²) in [6.07, 6.45) is 1.67. The molecule has 0 spiro atoms. The summed E-state index contributed by atoms with van der Waals surface area (Å²) in [6, 6.07) is 5.71. The van der Waals surface area contributed by atoms with Gasteiger partial charge in [0.1, 0.15) is 0 Å². The topological polar surface area (TPSA) is 46.5 Å². The van der Waals surface area contributed by atoms with Gasteiger partial charge in [0.2, 0.25) is 0 Å². The summed E-state index contributed by atoms with van der Waals surface area (Å²) in [4.78, 5) is 11.4. The van der Waals surface area contributed by atoms with Crippen LogP contribution < -0.4 is 0 Å². The van der Waals surface area contributed by atoms with Crippen LogP contribution in [0.1, 0.15) is 46.2 Å². The summed E-state index contributed by atoms with van der Waals surface area (Å²) < 4.78 is 4.70. The van der Waals surface area contributed by atoms with E-state index in [1.807, 2.05) is 18.2 Å². The fraction of sp³-hybridized carbons (Fsp3) is 0.462. The first kappa shape index (κ1) is 9.85. The van der Waals surface area contributed by atoms with Crippen molar-refractivity contribution in [1.82, 2.24) is 0 Å². The molecule has 0 saturated heterocycles. The highest BCUT2D eigenvalue weighted by Gasteiger charge is 2.43. The van der Waals surface area contributed by atoms with Gasteiger partial charge in [-0.25, -0.2) is 4.79 Å². The molecule has 84 valence electrons. The Morgan fingerprint density at radius 2 is 2.19 bits per heavy atom. The van der Waals surface area contributed by atoms with Gasteiger partial charge >= 0.3 is 5.97 Å². The second kappa shape index (κ2) is 3.32. The number of hydrogen-bond donors (Lipinski definition) is 1. The van der Waals surface area contributed by atoms with Crippen molar-refractivity contribution >= 4 is 5.97 Å². The smallest absolute Gasteiger partial charge is 0.337 e. The van der Waals surface area contributed by atoms with Crippen LogP contribution in [-0.2, 0) is 4.74 Å². The van der Waals surface area contributed by atoms with Crippen molar-refractivity contribution in [3.8, 4) is 0 Å². The summed E-state index contributed by atoms with van der Waals surface area (Å²) in [6.45, 7) is 0. The lowest BCUT2D eigenvalue weighted by Gasteiger charge is -2.20. The molecule has 16 heavy (non-hydrogen) atoms. The van der Waals surface area contributed by atoms with Crippen LogP contribution >= 0.6 is 0 Å². The molecule has 3 heteroatoms. The Hall–Kier alpha value is -1.35. The van der Waals surface area contributed by atoms with E-state index in [-0.39, 0.29) is 18.0 Å². The first-order valence-electron chi connectivity index (χ1n) is 5.61. The number of rotatable bonds is 1. The van der Waals surface area contributed by atoms with Crippen LogP contribution in [0.2, 0.25) is 0 Å². The van der Waals surface area contributed by atoms with Crippen molar-refractivity contribution in [2.24, 2.45) is 0 Å². The van der Waals surface area contributed by atoms with Gasteiger partial charge in [0.15, 0.2) is 0 Å². The molecule has 1 saturated carbocycles. The second-order valence-corrected chi connectivity index (χ2v) is 4.68. The molecule has 2 bridgehead atoms. The van der Waals surface area contributed by atoms with E-state index in [0.717, 1.165) is 18.4 Å². The molecule has 2 aliphatic carbocycles. The average Bonchev–Trinajstić information content (AvgIpc) is 2.84. The van der Waals surface area contributed by atoms with Crippen molar-refractivity contribution in [1.29, 1.82) is 0 Å². The molecule has 0 radical (unpaired) electrons. The minimum atomic E-state index is -0.305. The van der Waals surface area contributed by atoms with E-state index in [2.05, 4.69) is 0 Å². The number of methoxy groups -OCH3 is 1. The molecule has 0 unspecified atom stereocenters. The van der Waals surface area contributed by atoms with Gasteiger partial charge in [0.05, 0.1) is 18.8 Å². The summed E-state index contributed by atoms with van der Waals surface area (Å²) in [5, 5.41) is 9.84. The third-order valence-electron chi connectivity index (χ3n) is 3.88. The van der Waals surface area contributed by atoms with E-state index >= 15 is 0 Å². The average molecular weight is 218 g/mol. The van der Waals surface area contributed by atoms with Crippen LogP contribution in [0, 0.1) is 0 Å². The fourth-order valence-corrected chi connectivity index (χ4v) is 3.12. The monoisotopic (exact) mass is 218 g/mol. The molecule has 0 aromatic heterocycles. The first-order valence-corrected chi connectivity index (χ1v) is 5.61. The Bertz CT molecular complexity index is 452. The highest BCUT2D eigenvalue weighted by atomic mass is 16.5. The Labute approximate surface area is 94.0 Å². The number of esters is 1. The summed E-state index contributed by atoms with van der Waals surface area (Å²) in [7, 11) is 1.39. The minimum Gasteiger partial charge on any atom is -0.465 e. The van der Waals surface area contributed by atoms with Crippen LogP contribution in [0.15, 0.2) is 18.2 Å². The van der Waals surface area contributed by atoms with Crippen molar-refractivity contribution in [3.05, 3.63) is 34.9 Å². The van der Waals surface area contributed by atoms with Crippen molar-refractivity contribution in [2.45, 2.75) is 30.8 Å². The summed E-state index contributed by atoms with van der Waals surface area (Å²) >= 11 is 0.